The van der Waals surface area contributed by atoms with Crippen LogP contribution in [0.1, 0.15) is 21.5 Å². The number of anilines is 1. The van der Waals surface area contributed by atoms with Crippen LogP contribution >= 0.6 is 23.2 Å². The largest absolute Gasteiger partial charge is 0.487 e. The third-order valence-corrected chi connectivity index (χ3v) is 4.64. The average Bonchev–Trinajstić information content (AvgIpc) is 2.73. The number of nitrogens with one attached hydrogen (secondary N) is 2. The Morgan fingerprint density at radius 2 is 1.70 bits per heavy atom. The third kappa shape index (κ3) is 5.51. The molecule has 0 bridgehead atoms. The molecule has 3 rings (SSSR count). The van der Waals surface area contributed by atoms with Crippen molar-refractivity contribution in [1.29, 1.82) is 5.26 Å². The van der Waals surface area contributed by atoms with E-state index in [2.05, 4.69) is 16.7 Å². The minimum absolute atomic E-state index is 0.193. The smallest absolute Gasteiger partial charge is 0.326 e. The van der Waals surface area contributed by atoms with Gasteiger partial charge in [-0.15, -0.1) is 0 Å². The summed E-state index contributed by atoms with van der Waals surface area (Å²) in [4.78, 5) is 24.2. The second kappa shape index (κ2) is 9.79. The van der Waals surface area contributed by atoms with Crippen LogP contribution in [0.4, 0.5) is 10.5 Å². The Morgan fingerprint density at radius 1 is 0.967 bits per heavy atom. The predicted molar refractivity (Wildman–Crippen MR) is 115 cm³/mol. The SMILES string of the molecule is N#Cc1ccc(COc2ccc(NC(=O)NC(=O)c3ccccc3Cl)cc2Cl)cc1. The van der Waals surface area contributed by atoms with Crippen molar-refractivity contribution in [2.75, 3.05) is 5.32 Å². The fourth-order valence-electron chi connectivity index (χ4n) is 2.51. The third-order valence-electron chi connectivity index (χ3n) is 4.01. The van der Waals surface area contributed by atoms with Gasteiger partial charge in [-0.3, -0.25) is 10.1 Å². The quantitative estimate of drug-likeness (QED) is 0.555. The molecule has 0 aliphatic rings. The van der Waals surface area contributed by atoms with Gasteiger partial charge in [0.15, 0.2) is 0 Å². The molecule has 3 aromatic rings. The Kier molecular flexibility index (Phi) is 6.91. The van der Waals surface area contributed by atoms with Crippen molar-refractivity contribution in [3.8, 4) is 11.8 Å². The Morgan fingerprint density at radius 3 is 2.37 bits per heavy atom. The molecule has 0 unspecified atom stereocenters. The van der Waals surface area contributed by atoms with Crippen LogP contribution in [0.25, 0.3) is 0 Å². The van der Waals surface area contributed by atoms with E-state index in [9.17, 15) is 9.59 Å². The molecular weight excluding hydrogens is 425 g/mol. The fraction of sp³-hybridized carbons (Fsp3) is 0.0455. The first kappa shape index (κ1) is 21.2. The lowest BCUT2D eigenvalue weighted by Crippen LogP contribution is -2.34. The summed E-state index contributed by atoms with van der Waals surface area (Å²) in [5, 5.41) is 14.1. The van der Waals surface area contributed by atoms with E-state index >= 15 is 0 Å². The number of carbonyl (C=O) groups is 2. The number of urea groups is 1. The van der Waals surface area contributed by atoms with Gasteiger partial charge in [-0.2, -0.15) is 5.26 Å². The summed E-state index contributed by atoms with van der Waals surface area (Å²) in [6, 6.07) is 19.5. The Balaban J connectivity index is 1.58. The van der Waals surface area contributed by atoms with Crippen LogP contribution in [-0.4, -0.2) is 11.9 Å². The predicted octanol–water partition coefficient (Wildman–Crippen LogP) is 5.41. The maximum Gasteiger partial charge on any atom is 0.326 e. The molecule has 0 spiro atoms. The standard InChI is InChI=1S/C22H15Cl2N3O3/c23-18-4-2-1-3-17(18)21(28)27-22(29)26-16-9-10-20(19(24)11-16)30-13-15-7-5-14(12-25)6-8-15/h1-11H,13H2,(H2,26,27,28,29). The summed E-state index contributed by atoms with van der Waals surface area (Å²) in [5.74, 6) is -0.189. The minimum Gasteiger partial charge on any atom is -0.487 e. The van der Waals surface area contributed by atoms with Gasteiger partial charge < -0.3 is 10.1 Å². The van der Waals surface area contributed by atoms with Gasteiger partial charge in [-0.1, -0.05) is 47.5 Å². The average molecular weight is 440 g/mol. The Hall–Kier alpha value is -3.53. The van der Waals surface area contributed by atoms with Crippen LogP contribution in [-0.2, 0) is 6.61 Å². The zero-order valence-electron chi connectivity index (χ0n) is 15.5. The zero-order chi connectivity index (χ0) is 21.5. The molecule has 2 N–H and O–H groups in total. The molecular formula is C22H15Cl2N3O3. The lowest BCUT2D eigenvalue weighted by molar-refractivity contribution is 0.0967. The molecule has 6 nitrogen and oxygen atoms in total. The number of hydrogen-bond acceptors (Lipinski definition) is 4. The summed E-state index contributed by atoms with van der Waals surface area (Å²) in [6.07, 6.45) is 0. The molecule has 0 radical (unpaired) electrons. The zero-order valence-corrected chi connectivity index (χ0v) is 17.0. The fourth-order valence-corrected chi connectivity index (χ4v) is 2.97. The first-order valence-electron chi connectivity index (χ1n) is 8.74. The van der Waals surface area contributed by atoms with E-state index in [0.29, 0.717) is 22.0 Å². The van der Waals surface area contributed by atoms with Gasteiger partial charge in [0, 0.05) is 5.69 Å². The van der Waals surface area contributed by atoms with E-state index in [1.165, 1.54) is 12.1 Å². The molecule has 0 saturated carbocycles. The van der Waals surface area contributed by atoms with Crippen LogP contribution in [0.15, 0.2) is 66.7 Å². The monoisotopic (exact) mass is 439 g/mol. The minimum atomic E-state index is -0.720. The maximum absolute atomic E-state index is 12.1. The maximum atomic E-state index is 12.1. The number of rotatable bonds is 5. The van der Waals surface area contributed by atoms with Gasteiger partial charge in [0.05, 0.1) is 27.2 Å². The normalized spacial score (nSPS) is 10.0. The van der Waals surface area contributed by atoms with Crippen molar-refractivity contribution in [3.05, 3.63) is 93.5 Å². The number of benzene rings is 3. The number of carbonyl (C=O) groups excluding carboxylic acids is 2. The van der Waals surface area contributed by atoms with Crippen LogP contribution in [0, 0.1) is 11.3 Å². The molecule has 3 amide bonds. The van der Waals surface area contributed by atoms with Gasteiger partial charge in [0.1, 0.15) is 12.4 Å². The number of hydrogen-bond donors (Lipinski definition) is 2. The molecule has 0 aromatic heterocycles. The van der Waals surface area contributed by atoms with Crippen LogP contribution in [0.3, 0.4) is 0 Å². The summed E-state index contributed by atoms with van der Waals surface area (Å²) in [6.45, 7) is 0.269. The summed E-state index contributed by atoms with van der Waals surface area (Å²) < 4.78 is 5.68. The molecule has 30 heavy (non-hydrogen) atoms. The van der Waals surface area contributed by atoms with Gasteiger partial charge in [0.2, 0.25) is 0 Å². The van der Waals surface area contributed by atoms with Crippen molar-refractivity contribution in [1.82, 2.24) is 5.32 Å². The second-order valence-electron chi connectivity index (χ2n) is 6.13. The molecule has 3 aromatic carbocycles. The first-order valence-corrected chi connectivity index (χ1v) is 9.50. The Bertz CT molecular complexity index is 1130. The summed E-state index contributed by atoms with van der Waals surface area (Å²) in [7, 11) is 0. The van der Waals surface area contributed by atoms with Gasteiger partial charge in [-0.25, -0.2) is 4.79 Å². The molecule has 0 saturated heterocycles. The lowest BCUT2D eigenvalue weighted by Gasteiger charge is -2.11. The molecule has 0 heterocycles. The van der Waals surface area contributed by atoms with E-state index in [4.69, 9.17) is 33.2 Å². The number of ether oxygens (including phenoxy) is 1. The van der Waals surface area contributed by atoms with Crippen LogP contribution in [0.5, 0.6) is 5.75 Å². The van der Waals surface area contributed by atoms with Crippen molar-refractivity contribution in [3.63, 3.8) is 0 Å². The molecule has 0 atom stereocenters. The molecule has 0 aliphatic heterocycles. The summed E-state index contributed by atoms with van der Waals surface area (Å²) >= 11 is 12.2. The van der Waals surface area contributed by atoms with Gasteiger partial charge in [0.25, 0.3) is 5.91 Å². The van der Waals surface area contributed by atoms with Crippen molar-refractivity contribution in [2.24, 2.45) is 0 Å². The van der Waals surface area contributed by atoms with E-state index in [-0.39, 0.29) is 17.2 Å². The number of halogens is 2. The molecule has 0 aliphatic carbocycles. The molecule has 0 fully saturated rings. The topological polar surface area (TPSA) is 91.2 Å². The summed E-state index contributed by atoms with van der Waals surface area (Å²) in [5.41, 5.74) is 2.03. The van der Waals surface area contributed by atoms with E-state index in [1.807, 2.05) is 0 Å². The number of nitrogens with zero attached hydrogens (tertiary/aromatic N) is 1. The first-order chi connectivity index (χ1) is 14.5. The highest BCUT2D eigenvalue weighted by molar-refractivity contribution is 6.34. The van der Waals surface area contributed by atoms with Crippen LogP contribution < -0.4 is 15.4 Å². The van der Waals surface area contributed by atoms with Crippen molar-refractivity contribution >= 4 is 40.8 Å². The van der Waals surface area contributed by atoms with Crippen LogP contribution in [0.2, 0.25) is 10.0 Å². The molecule has 8 heteroatoms. The van der Waals surface area contributed by atoms with Gasteiger partial charge in [-0.05, 0) is 48.0 Å². The number of nitriles is 1. The van der Waals surface area contributed by atoms with Gasteiger partial charge >= 0.3 is 6.03 Å². The van der Waals surface area contributed by atoms with Crippen molar-refractivity contribution < 1.29 is 14.3 Å². The van der Waals surface area contributed by atoms with E-state index in [1.54, 1.807) is 54.6 Å². The highest BCUT2D eigenvalue weighted by Crippen LogP contribution is 2.28. The van der Waals surface area contributed by atoms with Crippen molar-refractivity contribution in [2.45, 2.75) is 6.61 Å². The van der Waals surface area contributed by atoms with E-state index in [0.717, 1.165) is 5.56 Å². The highest BCUT2D eigenvalue weighted by Gasteiger charge is 2.14. The second-order valence-corrected chi connectivity index (χ2v) is 6.95. The lowest BCUT2D eigenvalue weighted by atomic mass is 10.1. The van der Waals surface area contributed by atoms with E-state index < -0.39 is 11.9 Å². The number of amides is 3. The molecule has 150 valence electrons. The highest BCUT2D eigenvalue weighted by atomic mass is 35.5. The number of imide groups is 1. The Labute approximate surface area is 183 Å².